The van der Waals surface area contributed by atoms with Gasteiger partial charge in [0.25, 0.3) is 0 Å². The molecule has 1 rings (SSSR count). The van der Waals surface area contributed by atoms with Crippen LogP contribution < -0.4 is 5.32 Å². The van der Waals surface area contributed by atoms with Crippen LogP contribution in [0.1, 0.15) is 37.4 Å². The lowest BCUT2D eigenvalue weighted by molar-refractivity contribution is 0.0497. The van der Waals surface area contributed by atoms with Crippen molar-refractivity contribution in [2.75, 3.05) is 0 Å². The summed E-state index contributed by atoms with van der Waals surface area (Å²) in [5.74, 6) is -0.199. The average molecular weight is 335 g/mol. The van der Waals surface area contributed by atoms with Gasteiger partial charge in [0.15, 0.2) is 5.78 Å². The zero-order valence-corrected chi connectivity index (χ0v) is 13.0. The maximum atomic E-state index is 12.0. The minimum absolute atomic E-state index is 0.199. The molecule has 0 fully saturated rings. The molecular formula is C11H15BrN2O3S. The number of nitrogens with zero attached hydrogens (tertiary/aromatic N) is 1. The van der Waals surface area contributed by atoms with Crippen molar-refractivity contribution >= 4 is 39.3 Å². The Balaban J connectivity index is 2.61. The van der Waals surface area contributed by atoms with Gasteiger partial charge in [-0.1, -0.05) is 0 Å². The first-order valence-corrected chi connectivity index (χ1v) is 6.91. The number of carbonyl (C=O) groups excluding carboxylic acids is 2. The summed E-state index contributed by atoms with van der Waals surface area (Å²) in [4.78, 5) is 24.0. The van der Waals surface area contributed by atoms with Crippen LogP contribution in [0.25, 0.3) is 0 Å². The number of halogens is 1. The Morgan fingerprint density at radius 3 is 2.56 bits per heavy atom. The molecule has 0 aliphatic carbocycles. The van der Waals surface area contributed by atoms with Crippen molar-refractivity contribution in [3.8, 4) is 0 Å². The number of rotatable bonds is 3. The number of nitrogens with one attached hydrogen (secondary N) is 1. The summed E-state index contributed by atoms with van der Waals surface area (Å²) >= 11 is 4.32. The van der Waals surface area contributed by atoms with E-state index in [9.17, 15) is 9.59 Å². The molecule has 0 bridgehead atoms. The molecule has 0 radical (unpaired) electrons. The van der Waals surface area contributed by atoms with Gasteiger partial charge in [0, 0.05) is 0 Å². The van der Waals surface area contributed by atoms with Crippen LogP contribution in [0.5, 0.6) is 0 Å². The Labute approximate surface area is 118 Å². The van der Waals surface area contributed by atoms with Gasteiger partial charge in [-0.05, 0) is 55.2 Å². The normalized spacial score (nSPS) is 12.9. The molecule has 0 aromatic carbocycles. The summed E-state index contributed by atoms with van der Waals surface area (Å²) in [6, 6.07) is -0.656. The van der Waals surface area contributed by atoms with Crippen molar-refractivity contribution in [1.82, 2.24) is 9.69 Å². The Morgan fingerprint density at radius 1 is 1.50 bits per heavy atom. The zero-order valence-electron chi connectivity index (χ0n) is 10.6. The molecule has 5 nitrogen and oxygen atoms in total. The fourth-order valence-corrected chi connectivity index (χ4v) is 2.46. The van der Waals surface area contributed by atoms with Crippen molar-refractivity contribution in [3.63, 3.8) is 0 Å². The lowest BCUT2D eigenvalue weighted by atomic mass is 10.2. The number of ether oxygens (including phenoxy) is 1. The van der Waals surface area contributed by atoms with Crippen molar-refractivity contribution in [2.45, 2.75) is 39.3 Å². The van der Waals surface area contributed by atoms with Crippen molar-refractivity contribution in [1.29, 1.82) is 0 Å². The number of carbonyl (C=O) groups is 2. The molecule has 1 heterocycles. The summed E-state index contributed by atoms with van der Waals surface area (Å²) in [7, 11) is 0. The molecular weight excluding hydrogens is 320 g/mol. The van der Waals surface area contributed by atoms with E-state index in [2.05, 4.69) is 25.6 Å². The third kappa shape index (κ3) is 4.38. The molecule has 1 atom stereocenters. The molecule has 1 amide bonds. The van der Waals surface area contributed by atoms with E-state index in [1.165, 1.54) is 0 Å². The highest BCUT2D eigenvalue weighted by Crippen LogP contribution is 2.21. The Morgan fingerprint density at radius 2 is 2.11 bits per heavy atom. The second kappa shape index (κ2) is 5.79. The Hall–Kier alpha value is -0.950. The second-order valence-corrected chi connectivity index (χ2v) is 6.39. The summed E-state index contributed by atoms with van der Waals surface area (Å²) in [6.45, 7) is 6.90. The summed E-state index contributed by atoms with van der Waals surface area (Å²) in [5, 5.41) is 2.50. The van der Waals surface area contributed by atoms with Crippen LogP contribution in [0.3, 0.4) is 0 Å². The van der Waals surface area contributed by atoms with Crippen LogP contribution in [-0.4, -0.2) is 27.9 Å². The molecule has 7 heteroatoms. The lowest BCUT2D eigenvalue weighted by Gasteiger charge is -2.21. The van der Waals surface area contributed by atoms with Gasteiger partial charge in [-0.25, -0.2) is 4.79 Å². The van der Waals surface area contributed by atoms with Crippen LogP contribution in [0.15, 0.2) is 10.7 Å². The molecule has 0 saturated carbocycles. The lowest BCUT2D eigenvalue weighted by Crippen LogP contribution is -2.41. The number of aromatic nitrogens is 1. The van der Waals surface area contributed by atoms with E-state index in [0.717, 1.165) is 11.5 Å². The fraction of sp³-hybridized carbons (Fsp3) is 0.545. The topological polar surface area (TPSA) is 68.3 Å². The SMILES string of the molecule is C[C@@H](NC(=O)OC(C)(C)C)C(=O)c1sncc1Br. The van der Waals surface area contributed by atoms with Gasteiger partial charge in [0.05, 0.1) is 16.7 Å². The zero-order chi connectivity index (χ0) is 13.9. The van der Waals surface area contributed by atoms with E-state index in [0.29, 0.717) is 9.35 Å². The number of amides is 1. The molecule has 100 valence electrons. The quantitative estimate of drug-likeness (QED) is 0.862. The van der Waals surface area contributed by atoms with Crippen LogP contribution >= 0.6 is 27.5 Å². The van der Waals surface area contributed by atoms with Gasteiger partial charge in [-0.3, -0.25) is 4.79 Å². The highest BCUT2D eigenvalue weighted by molar-refractivity contribution is 9.10. The molecule has 18 heavy (non-hydrogen) atoms. The van der Waals surface area contributed by atoms with Crippen LogP contribution in [0.2, 0.25) is 0 Å². The fourth-order valence-electron chi connectivity index (χ4n) is 1.14. The largest absolute Gasteiger partial charge is 0.444 e. The van der Waals surface area contributed by atoms with E-state index < -0.39 is 17.7 Å². The van der Waals surface area contributed by atoms with Gasteiger partial charge in [-0.2, -0.15) is 4.37 Å². The first-order chi connectivity index (χ1) is 8.20. The van der Waals surface area contributed by atoms with Gasteiger partial charge in [0.2, 0.25) is 0 Å². The van der Waals surface area contributed by atoms with Gasteiger partial charge in [-0.15, -0.1) is 0 Å². The molecule has 0 aliphatic heterocycles. The third-order valence-corrected chi connectivity index (χ3v) is 3.56. The van der Waals surface area contributed by atoms with E-state index in [1.807, 2.05) is 0 Å². The molecule has 0 unspecified atom stereocenters. The highest BCUT2D eigenvalue weighted by Gasteiger charge is 2.24. The van der Waals surface area contributed by atoms with E-state index in [1.54, 1.807) is 33.9 Å². The van der Waals surface area contributed by atoms with Gasteiger partial charge >= 0.3 is 6.09 Å². The van der Waals surface area contributed by atoms with Gasteiger partial charge in [0.1, 0.15) is 10.5 Å². The summed E-state index contributed by atoms with van der Waals surface area (Å²) in [6.07, 6.45) is 0.946. The number of alkyl carbamates (subject to hydrolysis) is 1. The monoisotopic (exact) mass is 334 g/mol. The second-order valence-electron chi connectivity index (χ2n) is 4.74. The van der Waals surface area contributed by atoms with Crippen LogP contribution in [-0.2, 0) is 4.74 Å². The highest BCUT2D eigenvalue weighted by atomic mass is 79.9. The molecule has 1 N–H and O–H groups in total. The van der Waals surface area contributed by atoms with Crippen molar-refractivity contribution < 1.29 is 14.3 Å². The van der Waals surface area contributed by atoms with E-state index >= 15 is 0 Å². The smallest absolute Gasteiger partial charge is 0.408 e. The first kappa shape index (κ1) is 15.1. The van der Waals surface area contributed by atoms with E-state index in [-0.39, 0.29) is 5.78 Å². The summed E-state index contributed by atoms with van der Waals surface area (Å²) in [5.41, 5.74) is -0.585. The van der Waals surface area contributed by atoms with E-state index in [4.69, 9.17) is 4.74 Å². The Bertz CT molecular complexity index is 453. The molecule has 0 aliphatic rings. The molecule has 0 saturated heterocycles. The van der Waals surface area contributed by atoms with Crippen molar-refractivity contribution in [2.24, 2.45) is 0 Å². The molecule has 1 aromatic heterocycles. The minimum Gasteiger partial charge on any atom is -0.444 e. The maximum Gasteiger partial charge on any atom is 0.408 e. The first-order valence-electron chi connectivity index (χ1n) is 5.34. The predicted molar refractivity (Wildman–Crippen MR) is 73.0 cm³/mol. The van der Waals surface area contributed by atoms with Gasteiger partial charge < -0.3 is 10.1 Å². The standard InChI is InChI=1S/C11H15BrN2O3S/c1-6(14-10(16)17-11(2,3)4)8(15)9-7(12)5-13-18-9/h5-6H,1-4H3,(H,14,16)/t6-/m1/s1. The van der Waals surface area contributed by atoms with Crippen molar-refractivity contribution in [3.05, 3.63) is 15.5 Å². The minimum atomic E-state index is -0.656. The predicted octanol–water partition coefficient (Wildman–Crippen LogP) is 3.00. The molecule has 1 aromatic rings. The number of hydrogen-bond acceptors (Lipinski definition) is 5. The number of Topliss-reactive ketones (excluding diaryl/α,β-unsaturated/α-hetero) is 1. The number of hydrogen-bond donors (Lipinski definition) is 1. The average Bonchev–Trinajstić information content (AvgIpc) is 2.60. The molecule has 0 spiro atoms. The van der Waals surface area contributed by atoms with Crippen LogP contribution in [0, 0.1) is 0 Å². The van der Waals surface area contributed by atoms with Crippen LogP contribution in [0.4, 0.5) is 4.79 Å². The maximum absolute atomic E-state index is 12.0. The summed E-state index contributed by atoms with van der Waals surface area (Å²) < 4.78 is 9.61. The Kier molecular flexibility index (Phi) is 4.86. The third-order valence-electron chi connectivity index (χ3n) is 1.88. The number of ketones is 1.